The third-order valence-corrected chi connectivity index (χ3v) is 5.76. The van der Waals surface area contributed by atoms with Gasteiger partial charge >= 0.3 is 0 Å². The van der Waals surface area contributed by atoms with E-state index in [9.17, 15) is 5.11 Å². The first kappa shape index (κ1) is 15.8. The van der Waals surface area contributed by atoms with E-state index in [1.165, 1.54) is 19.3 Å². The molecule has 2 nitrogen and oxygen atoms in total. The highest BCUT2D eigenvalue weighted by Crippen LogP contribution is 2.49. The smallest absolute Gasteiger partial charge is 0.0821 e. The molecule has 2 atom stereocenters. The van der Waals surface area contributed by atoms with Crippen LogP contribution in [0.3, 0.4) is 0 Å². The zero-order chi connectivity index (χ0) is 15.7. The Hall–Kier alpha value is -1.12. The van der Waals surface area contributed by atoms with Crippen molar-refractivity contribution in [2.24, 2.45) is 11.3 Å². The second-order valence-electron chi connectivity index (χ2n) is 7.67. The third kappa shape index (κ3) is 3.00. The summed E-state index contributed by atoms with van der Waals surface area (Å²) < 4.78 is 0. The highest BCUT2D eigenvalue weighted by atomic mass is 16.3. The Labute approximate surface area is 133 Å². The molecule has 0 amide bonds. The molecule has 2 aliphatic carbocycles. The molecular formula is C20H28O2. The van der Waals surface area contributed by atoms with Crippen molar-refractivity contribution in [2.75, 3.05) is 0 Å². The molecule has 0 radical (unpaired) electrons. The summed E-state index contributed by atoms with van der Waals surface area (Å²) in [6.45, 7) is 4.79. The Morgan fingerprint density at radius 3 is 2.59 bits per heavy atom. The van der Waals surface area contributed by atoms with E-state index in [0.29, 0.717) is 11.3 Å². The van der Waals surface area contributed by atoms with E-state index in [0.717, 1.165) is 30.4 Å². The summed E-state index contributed by atoms with van der Waals surface area (Å²) in [7, 11) is 0. The number of benzene rings is 1. The van der Waals surface area contributed by atoms with Gasteiger partial charge in [0.25, 0.3) is 0 Å². The molecule has 120 valence electrons. The van der Waals surface area contributed by atoms with Gasteiger partial charge < -0.3 is 10.2 Å². The van der Waals surface area contributed by atoms with Crippen LogP contribution in [0.15, 0.2) is 35.4 Å². The normalized spacial score (nSPS) is 25.7. The van der Waals surface area contributed by atoms with Crippen molar-refractivity contribution >= 4 is 0 Å². The zero-order valence-corrected chi connectivity index (χ0v) is 13.8. The number of hydrogen-bond acceptors (Lipinski definition) is 2. The van der Waals surface area contributed by atoms with Crippen LogP contribution in [0.5, 0.6) is 0 Å². The van der Waals surface area contributed by atoms with Crippen LogP contribution in [0.25, 0.3) is 0 Å². The highest BCUT2D eigenvalue weighted by molar-refractivity contribution is 5.29. The Morgan fingerprint density at radius 2 is 1.91 bits per heavy atom. The van der Waals surface area contributed by atoms with Crippen molar-refractivity contribution in [1.29, 1.82) is 0 Å². The number of aliphatic hydroxyl groups excluding tert-OH is 2. The first-order valence-electron chi connectivity index (χ1n) is 8.60. The van der Waals surface area contributed by atoms with Crippen LogP contribution in [0.2, 0.25) is 0 Å². The molecule has 2 N–H and O–H groups in total. The van der Waals surface area contributed by atoms with Gasteiger partial charge in [-0.1, -0.05) is 49.3 Å². The zero-order valence-electron chi connectivity index (χ0n) is 13.8. The lowest BCUT2D eigenvalue weighted by Gasteiger charge is -2.41. The number of aliphatic hydroxyl groups is 2. The maximum Gasteiger partial charge on any atom is 0.0821 e. The van der Waals surface area contributed by atoms with Gasteiger partial charge in [0.15, 0.2) is 0 Å². The van der Waals surface area contributed by atoms with Crippen molar-refractivity contribution < 1.29 is 10.2 Å². The predicted octanol–water partition coefficient (Wildman–Crippen LogP) is 4.52. The van der Waals surface area contributed by atoms with Crippen LogP contribution in [0.1, 0.15) is 69.6 Å². The molecule has 2 aliphatic rings. The van der Waals surface area contributed by atoms with Crippen LogP contribution in [0, 0.1) is 11.3 Å². The van der Waals surface area contributed by atoms with E-state index in [1.807, 2.05) is 24.3 Å². The van der Waals surface area contributed by atoms with Gasteiger partial charge in [-0.3, -0.25) is 0 Å². The number of rotatable bonds is 3. The summed E-state index contributed by atoms with van der Waals surface area (Å²) in [6.07, 6.45) is 6.78. The van der Waals surface area contributed by atoms with Crippen LogP contribution in [-0.4, -0.2) is 10.2 Å². The van der Waals surface area contributed by atoms with Gasteiger partial charge in [-0.25, -0.2) is 0 Å². The molecule has 1 aromatic rings. The molecule has 0 saturated heterocycles. The van der Waals surface area contributed by atoms with E-state index in [-0.39, 0.29) is 12.7 Å². The Bertz CT molecular complexity index is 554. The molecular weight excluding hydrogens is 272 g/mol. The summed E-state index contributed by atoms with van der Waals surface area (Å²) in [6, 6.07) is 7.76. The van der Waals surface area contributed by atoms with Gasteiger partial charge in [-0.05, 0) is 61.0 Å². The molecule has 22 heavy (non-hydrogen) atoms. The SMILES string of the molecule is CC1(C)CCCC2=C1C[C@H]([C@@H](O)c1ccc(CO)cc1)CC2. The summed E-state index contributed by atoms with van der Waals surface area (Å²) in [4.78, 5) is 0. The van der Waals surface area contributed by atoms with Gasteiger partial charge in [-0.15, -0.1) is 0 Å². The fourth-order valence-corrected chi connectivity index (χ4v) is 4.31. The van der Waals surface area contributed by atoms with Gasteiger partial charge in [0.1, 0.15) is 0 Å². The molecule has 0 unspecified atom stereocenters. The molecule has 3 rings (SSSR count). The average Bonchev–Trinajstić information content (AvgIpc) is 2.54. The molecule has 2 heteroatoms. The van der Waals surface area contributed by atoms with Crippen molar-refractivity contribution in [3.8, 4) is 0 Å². The summed E-state index contributed by atoms with van der Waals surface area (Å²) >= 11 is 0. The van der Waals surface area contributed by atoms with E-state index in [2.05, 4.69) is 13.8 Å². The minimum absolute atomic E-state index is 0.0598. The van der Waals surface area contributed by atoms with E-state index in [1.54, 1.807) is 11.1 Å². The lowest BCUT2D eigenvalue weighted by Crippen LogP contribution is -2.28. The molecule has 0 aliphatic heterocycles. The number of allylic oxidation sites excluding steroid dienone is 2. The minimum atomic E-state index is -0.389. The van der Waals surface area contributed by atoms with Crippen molar-refractivity contribution in [3.63, 3.8) is 0 Å². The lowest BCUT2D eigenvalue weighted by molar-refractivity contribution is 0.0928. The molecule has 0 spiro atoms. The highest BCUT2D eigenvalue weighted by Gasteiger charge is 2.36. The Balaban J connectivity index is 1.77. The quantitative estimate of drug-likeness (QED) is 0.806. The fraction of sp³-hybridized carbons (Fsp3) is 0.600. The Kier molecular flexibility index (Phi) is 4.42. The summed E-state index contributed by atoms with van der Waals surface area (Å²) in [5.74, 6) is 0.330. The van der Waals surface area contributed by atoms with E-state index >= 15 is 0 Å². The topological polar surface area (TPSA) is 40.5 Å². The van der Waals surface area contributed by atoms with E-state index in [4.69, 9.17) is 5.11 Å². The maximum absolute atomic E-state index is 10.8. The predicted molar refractivity (Wildman–Crippen MR) is 89.3 cm³/mol. The van der Waals surface area contributed by atoms with Crippen molar-refractivity contribution in [1.82, 2.24) is 0 Å². The minimum Gasteiger partial charge on any atom is -0.392 e. The standard InChI is InChI=1S/C20H28O2/c1-20(2)11-3-4-15-9-10-17(12-18(15)20)19(22)16-7-5-14(13-21)6-8-16/h5-8,17,19,21-22H,3-4,9-13H2,1-2H3/t17-,19+/m1/s1. The monoisotopic (exact) mass is 300 g/mol. The molecule has 0 heterocycles. The second-order valence-corrected chi connectivity index (χ2v) is 7.67. The molecule has 0 fully saturated rings. The van der Waals surface area contributed by atoms with Crippen LogP contribution < -0.4 is 0 Å². The van der Waals surface area contributed by atoms with Gasteiger partial charge in [0.05, 0.1) is 12.7 Å². The molecule has 1 aromatic carbocycles. The summed E-state index contributed by atoms with van der Waals surface area (Å²) in [5, 5.41) is 19.9. The van der Waals surface area contributed by atoms with Crippen LogP contribution >= 0.6 is 0 Å². The molecule has 0 bridgehead atoms. The van der Waals surface area contributed by atoms with E-state index < -0.39 is 0 Å². The molecule has 0 aromatic heterocycles. The second kappa shape index (κ2) is 6.17. The van der Waals surface area contributed by atoms with Crippen molar-refractivity contribution in [2.45, 2.75) is 65.1 Å². The third-order valence-electron chi connectivity index (χ3n) is 5.76. The first-order valence-corrected chi connectivity index (χ1v) is 8.60. The average molecular weight is 300 g/mol. The first-order chi connectivity index (χ1) is 10.5. The van der Waals surface area contributed by atoms with Gasteiger partial charge in [-0.2, -0.15) is 0 Å². The Morgan fingerprint density at radius 1 is 1.18 bits per heavy atom. The van der Waals surface area contributed by atoms with Crippen LogP contribution in [0.4, 0.5) is 0 Å². The lowest BCUT2D eigenvalue weighted by atomic mass is 9.64. The van der Waals surface area contributed by atoms with Gasteiger partial charge in [0.2, 0.25) is 0 Å². The van der Waals surface area contributed by atoms with Gasteiger partial charge in [0, 0.05) is 0 Å². The summed E-state index contributed by atoms with van der Waals surface area (Å²) in [5.41, 5.74) is 5.50. The largest absolute Gasteiger partial charge is 0.392 e. The van der Waals surface area contributed by atoms with Crippen LogP contribution in [-0.2, 0) is 6.61 Å². The molecule has 0 saturated carbocycles. The maximum atomic E-state index is 10.8. The number of hydrogen-bond donors (Lipinski definition) is 2. The fourth-order valence-electron chi connectivity index (χ4n) is 4.31. The van der Waals surface area contributed by atoms with Crippen molar-refractivity contribution in [3.05, 3.63) is 46.5 Å².